The van der Waals surface area contributed by atoms with Crippen molar-refractivity contribution in [1.29, 1.82) is 0 Å². The van der Waals surface area contributed by atoms with Gasteiger partial charge in [0.2, 0.25) is 0 Å². The van der Waals surface area contributed by atoms with Crippen LogP contribution in [0.1, 0.15) is 31.4 Å². The summed E-state index contributed by atoms with van der Waals surface area (Å²) >= 11 is 0. The highest BCUT2D eigenvalue weighted by Gasteiger charge is 2.28. The van der Waals surface area contributed by atoms with E-state index in [0.29, 0.717) is 12.6 Å². The Kier molecular flexibility index (Phi) is 4.36. The van der Waals surface area contributed by atoms with Gasteiger partial charge in [0.15, 0.2) is 0 Å². The molecule has 0 radical (unpaired) electrons. The molecule has 1 saturated heterocycles. The summed E-state index contributed by atoms with van der Waals surface area (Å²) in [5.74, 6) is 0.822. The van der Waals surface area contributed by atoms with Crippen LogP contribution < -0.4 is 5.73 Å². The van der Waals surface area contributed by atoms with E-state index in [2.05, 4.69) is 35.3 Å². The normalized spacial score (nSPS) is 20.8. The number of nitrogens with zero attached hydrogens (tertiary/aromatic N) is 3. The van der Waals surface area contributed by atoms with Crippen LogP contribution in [-0.4, -0.2) is 34.3 Å². The fourth-order valence-corrected chi connectivity index (χ4v) is 3.21. The lowest BCUT2D eigenvalue weighted by Crippen LogP contribution is -2.31. The fraction of sp³-hybridized carbons (Fsp3) is 0.471. The first kappa shape index (κ1) is 14.3. The summed E-state index contributed by atoms with van der Waals surface area (Å²) in [6.07, 6.45) is 6.63. The molecule has 0 amide bonds. The fourth-order valence-electron chi connectivity index (χ4n) is 3.21. The van der Waals surface area contributed by atoms with Crippen LogP contribution >= 0.6 is 0 Å². The number of likely N-dealkylation sites (tertiary alicyclic amines) is 1. The van der Waals surface area contributed by atoms with E-state index in [9.17, 15) is 0 Å². The third kappa shape index (κ3) is 3.01. The number of nitrogens with two attached hydrogens (primary N) is 1. The summed E-state index contributed by atoms with van der Waals surface area (Å²) in [5, 5.41) is 4.50. The van der Waals surface area contributed by atoms with Gasteiger partial charge in [-0.1, -0.05) is 31.5 Å². The summed E-state index contributed by atoms with van der Waals surface area (Å²) in [5.41, 5.74) is 8.35. The Morgan fingerprint density at radius 1 is 1.33 bits per heavy atom. The number of hydrogen-bond donors (Lipinski definition) is 1. The molecule has 0 saturated carbocycles. The first-order chi connectivity index (χ1) is 10.3. The molecular formula is C17H24N4. The highest BCUT2D eigenvalue weighted by molar-refractivity contribution is 5.31. The van der Waals surface area contributed by atoms with Gasteiger partial charge in [0, 0.05) is 24.8 Å². The Morgan fingerprint density at radius 2 is 2.14 bits per heavy atom. The lowest BCUT2D eigenvalue weighted by molar-refractivity contribution is 0.241. The minimum atomic E-state index is 0.291. The molecule has 2 heterocycles. The van der Waals surface area contributed by atoms with Crippen molar-refractivity contribution in [2.24, 2.45) is 11.7 Å². The standard InChI is InChI=1S/C17H24N4/c1-2-14-8-9-20(12-14)17(10-18)15-11-19-21(13-15)16-6-4-3-5-7-16/h3-7,11,13-14,17H,2,8-10,12,18H2,1H3. The van der Waals surface area contributed by atoms with Gasteiger partial charge in [-0.05, 0) is 31.0 Å². The summed E-state index contributed by atoms with van der Waals surface area (Å²) in [6, 6.07) is 10.5. The molecule has 4 heteroatoms. The third-order valence-electron chi connectivity index (χ3n) is 4.57. The van der Waals surface area contributed by atoms with E-state index in [1.165, 1.54) is 18.4 Å². The van der Waals surface area contributed by atoms with E-state index in [1.54, 1.807) is 0 Å². The average molecular weight is 284 g/mol. The van der Waals surface area contributed by atoms with E-state index in [1.807, 2.05) is 29.1 Å². The lowest BCUT2D eigenvalue weighted by atomic mass is 10.1. The van der Waals surface area contributed by atoms with Gasteiger partial charge in [-0.3, -0.25) is 4.90 Å². The van der Waals surface area contributed by atoms with Crippen LogP contribution in [0.15, 0.2) is 42.7 Å². The van der Waals surface area contributed by atoms with Crippen molar-refractivity contribution in [3.63, 3.8) is 0 Å². The zero-order chi connectivity index (χ0) is 14.7. The molecule has 1 aromatic carbocycles. The maximum absolute atomic E-state index is 6.04. The SMILES string of the molecule is CCC1CCN(C(CN)c2cnn(-c3ccccc3)c2)C1. The van der Waals surface area contributed by atoms with E-state index in [4.69, 9.17) is 5.73 Å². The van der Waals surface area contributed by atoms with Crippen LogP contribution in [0.2, 0.25) is 0 Å². The van der Waals surface area contributed by atoms with Crippen LogP contribution in [0.25, 0.3) is 5.69 Å². The van der Waals surface area contributed by atoms with Gasteiger partial charge in [-0.2, -0.15) is 5.10 Å². The van der Waals surface area contributed by atoms with Crippen molar-refractivity contribution in [3.8, 4) is 5.69 Å². The molecule has 1 aliphatic heterocycles. The minimum Gasteiger partial charge on any atom is -0.329 e. The Morgan fingerprint density at radius 3 is 2.81 bits per heavy atom. The quantitative estimate of drug-likeness (QED) is 0.918. The van der Waals surface area contributed by atoms with Crippen LogP contribution in [0.3, 0.4) is 0 Å². The summed E-state index contributed by atoms with van der Waals surface area (Å²) in [6.45, 7) is 5.24. The number of para-hydroxylation sites is 1. The van der Waals surface area contributed by atoms with E-state index >= 15 is 0 Å². The third-order valence-corrected chi connectivity index (χ3v) is 4.57. The minimum absolute atomic E-state index is 0.291. The molecule has 4 nitrogen and oxygen atoms in total. The van der Waals surface area contributed by atoms with Gasteiger partial charge in [0.25, 0.3) is 0 Å². The Labute approximate surface area is 126 Å². The molecule has 0 spiro atoms. The van der Waals surface area contributed by atoms with E-state index in [0.717, 1.165) is 24.7 Å². The topological polar surface area (TPSA) is 47.1 Å². The molecule has 1 aromatic heterocycles. The summed E-state index contributed by atoms with van der Waals surface area (Å²) < 4.78 is 1.94. The lowest BCUT2D eigenvalue weighted by Gasteiger charge is -2.25. The van der Waals surface area contributed by atoms with E-state index in [-0.39, 0.29) is 0 Å². The first-order valence-corrected chi connectivity index (χ1v) is 7.86. The molecule has 1 fully saturated rings. The average Bonchev–Trinajstić information content (AvgIpc) is 3.19. The van der Waals surface area contributed by atoms with Crippen LogP contribution in [0, 0.1) is 5.92 Å². The molecule has 3 rings (SSSR count). The number of benzene rings is 1. The highest BCUT2D eigenvalue weighted by atomic mass is 15.3. The Hall–Kier alpha value is -1.65. The second kappa shape index (κ2) is 6.41. The van der Waals surface area contributed by atoms with Crippen molar-refractivity contribution in [2.45, 2.75) is 25.8 Å². The molecule has 112 valence electrons. The maximum Gasteiger partial charge on any atom is 0.0645 e. The van der Waals surface area contributed by atoms with Crippen molar-refractivity contribution >= 4 is 0 Å². The number of rotatable bonds is 5. The predicted octanol–water partition coefficient (Wildman–Crippen LogP) is 2.60. The molecule has 2 N–H and O–H groups in total. The van der Waals surface area contributed by atoms with Crippen molar-refractivity contribution < 1.29 is 0 Å². The van der Waals surface area contributed by atoms with Gasteiger partial charge in [-0.15, -0.1) is 0 Å². The second-order valence-electron chi connectivity index (χ2n) is 5.86. The Bertz CT molecular complexity index is 563. The molecule has 0 aliphatic carbocycles. The zero-order valence-corrected chi connectivity index (χ0v) is 12.7. The smallest absolute Gasteiger partial charge is 0.0645 e. The molecule has 2 aromatic rings. The largest absolute Gasteiger partial charge is 0.329 e. The summed E-state index contributed by atoms with van der Waals surface area (Å²) in [4.78, 5) is 2.51. The van der Waals surface area contributed by atoms with Crippen LogP contribution in [-0.2, 0) is 0 Å². The Balaban J connectivity index is 1.78. The zero-order valence-electron chi connectivity index (χ0n) is 12.7. The molecule has 0 bridgehead atoms. The first-order valence-electron chi connectivity index (χ1n) is 7.86. The molecular weight excluding hydrogens is 260 g/mol. The van der Waals surface area contributed by atoms with Crippen molar-refractivity contribution in [3.05, 3.63) is 48.3 Å². The monoisotopic (exact) mass is 284 g/mol. The predicted molar refractivity (Wildman–Crippen MR) is 85.3 cm³/mol. The highest BCUT2D eigenvalue weighted by Crippen LogP contribution is 2.28. The number of aromatic nitrogens is 2. The van der Waals surface area contributed by atoms with Crippen molar-refractivity contribution in [2.75, 3.05) is 19.6 Å². The second-order valence-corrected chi connectivity index (χ2v) is 5.86. The van der Waals surface area contributed by atoms with Gasteiger partial charge < -0.3 is 5.73 Å². The molecule has 2 unspecified atom stereocenters. The maximum atomic E-state index is 6.04. The van der Waals surface area contributed by atoms with Gasteiger partial charge in [0.05, 0.1) is 17.9 Å². The van der Waals surface area contributed by atoms with Crippen LogP contribution in [0.5, 0.6) is 0 Å². The van der Waals surface area contributed by atoms with Gasteiger partial charge >= 0.3 is 0 Å². The van der Waals surface area contributed by atoms with E-state index < -0.39 is 0 Å². The van der Waals surface area contributed by atoms with Gasteiger partial charge in [-0.25, -0.2) is 4.68 Å². The molecule has 21 heavy (non-hydrogen) atoms. The molecule has 1 aliphatic rings. The van der Waals surface area contributed by atoms with Gasteiger partial charge in [0.1, 0.15) is 0 Å². The number of hydrogen-bond acceptors (Lipinski definition) is 3. The molecule has 2 atom stereocenters. The summed E-state index contributed by atoms with van der Waals surface area (Å²) in [7, 11) is 0. The van der Waals surface area contributed by atoms with Crippen molar-refractivity contribution in [1.82, 2.24) is 14.7 Å². The van der Waals surface area contributed by atoms with Crippen LogP contribution in [0.4, 0.5) is 0 Å².